The van der Waals surface area contributed by atoms with Crippen LogP contribution in [0.15, 0.2) is 28.4 Å². The van der Waals surface area contributed by atoms with E-state index in [0.717, 1.165) is 16.9 Å². The van der Waals surface area contributed by atoms with Gasteiger partial charge in [0.05, 0.1) is 6.54 Å². The molecule has 6 heteroatoms. The zero-order valence-corrected chi connectivity index (χ0v) is 12.2. The van der Waals surface area contributed by atoms with Gasteiger partial charge in [0.25, 0.3) is 5.91 Å². The van der Waals surface area contributed by atoms with Crippen molar-refractivity contribution in [3.63, 3.8) is 0 Å². The lowest BCUT2D eigenvalue weighted by molar-refractivity contribution is 0.0950. The molecule has 1 heterocycles. The third-order valence-electron chi connectivity index (χ3n) is 2.89. The van der Waals surface area contributed by atoms with Crippen molar-refractivity contribution in [3.05, 3.63) is 55.6 Å². The van der Waals surface area contributed by atoms with Gasteiger partial charge in [0.2, 0.25) is 0 Å². The molecule has 0 aliphatic rings. The van der Waals surface area contributed by atoms with E-state index in [1.165, 1.54) is 0 Å². The van der Waals surface area contributed by atoms with E-state index in [1.54, 1.807) is 23.6 Å². The molecule has 5 nitrogen and oxygen atoms in total. The number of amides is 1. The number of hydrogen-bond donors (Lipinski definition) is 3. The van der Waals surface area contributed by atoms with Gasteiger partial charge in [-0.05, 0) is 24.6 Å². The van der Waals surface area contributed by atoms with E-state index in [2.05, 4.69) is 22.1 Å². The number of nitrogens with one attached hydrogen (secondary N) is 2. The van der Waals surface area contributed by atoms with Crippen LogP contribution in [0.25, 0.3) is 0 Å². The van der Waals surface area contributed by atoms with Gasteiger partial charge in [0.15, 0.2) is 0 Å². The zero-order chi connectivity index (χ0) is 15.2. The minimum Gasteiger partial charge on any atom is -0.384 e. The minimum absolute atomic E-state index is 0.142. The molecule has 1 aromatic carbocycles. The van der Waals surface area contributed by atoms with Gasteiger partial charge in [0, 0.05) is 22.2 Å². The monoisotopic (exact) mass is 302 g/mol. The number of benzene rings is 1. The van der Waals surface area contributed by atoms with Crippen LogP contribution in [0.3, 0.4) is 0 Å². The third kappa shape index (κ3) is 3.81. The maximum atomic E-state index is 12.2. The summed E-state index contributed by atoms with van der Waals surface area (Å²) in [4.78, 5) is 25.7. The minimum atomic E-state index is -0.229. The Morgan fingerprint density at radius 3 is 2.95 bits per heavy atom. The summed E-state index contributed by atoms with van der Waals surface area (Å²) in [5.74, 6) is 5.15. The Morgan fingerprint density at radius 2 is 2.29 bits per heavy atom. The summed E-state index contributed by atoms with van der Waals surface area (Å²) in [5.41, 5.74) is 2.67. The average Bonchev–Trinajstić information content (AvgIpc) is 2.89. The normalized spacial score (nSPS) is 9.81. The number of H-pyrrole nitrogens is 1. The van der Waals surface area contributed by atoms with Crippen molar-refractivity contribution in [1.29, 1.82) is 0 Å². The summed E-state index contributed by atoms with van der Waals surface area (Å²) >= 11 is 1.06. The Labute approximate surface area is 125 Å². The fourth-order valence-electron chi connectivity index (χ4n) is 1.82. The van der Waals surface area contributed by atoms with Gasteiger partial charge in [-0.3, -0.25) is 9.59 Å². The molecule has 0 saturated heterocycles. The van der Waals surface area contributed by atoms with Crippen molar-refractivity contribution in [2.45, 2.75) is 13.5 Å². The molecule has 0 atom stereocenters. The molecule has 0 fully saturated rings. The van der Waals surface area contributed by atoms with Crippen LogP contribution in [-0.2, 0) is 6.54 Å². The van der Waals surface area contributed by atoms with Gasteiger partial charge in [-0.1, -0.05) is 29.2 Å². The summed E-state index contributed by atoms with van der Waals surface area (Å²) in [6.45, 7) is 1.85. The number of hydrogen-bond acceptors (Lipinski definition) is 4. The molecule has 1 aromatic heterocycles. The number of thiazole rings is 1. The molecule has 0 saturated carbocycles. The summed E-state index contributed by atoms with van der Waals surface area (Å²) in [7, 11) is 0. The fraction of sp³-hybridized carbons (Fsp3) is 0.200. The molecule has 0 spiro atoms. The van der Waals surface area contributed by atoms with E-state index in [0.29, 0.717) is 16.8 Å². The zero-order valence-electron chi connectivity index (χ0n) is 11.4. The van der Waals surface area contributed by atoms with Crippen molar-refractivity contribution in [1.82, 2.24) is 10.3 Å². The average molecular weight is 302 g/mol. The van der Waals surface area contributed by atoms with Gasteiger partial charge in [0.1, 0.15) is 6.61 Å². The molecule has 0 aliphatic carbocycles. The van der Waals surface area contributed by atoms with Crippen LogP contribution in [0.2, 0.25) is 0 Å². The van der Waals surface area contributed by atoms with Crippen molar-refractivity contribution >= 4 is 17.2 Å². The lowest BCUT2D eigenvalue weighted by Crippen LogP contribution is -2.24. The summed E-state index contributed by atoms with van der Waals surface area (Å²) in [5, 5.41) is 13.2. The van der Waals surface area contributed by atoms with Gasteiger partial charge >= 0.3 is 4.87 Å². The topological polar surface area (TPSA) is 82.2 Å². The number of aromatic amines is 1. The Kier molecular flexibility index (Phi) is 4.93. The predicted molar refractivity (Wildman–Crippen MR) is 81.3 cm³/mol. The second-order valence-corrected chi connectivity index (χ2v) is 5.14. The van der Waals surface area contributed by atoms with Crippen LogP contribution in [-0.4, -0.2) is 22.6 Å². The predicted octanol–water partition coefficient (Wildman–Crippen LogP) is 1.02. The largest absolute Gasteiger partial charge is 0.384 e. The van der Waals surface area contributed by atoms with E-state index in [-0.39, 0.29) is 23.9 Å². The Hall–Kier alpha value is -2.36. The van der Waals surface area contributed by atoms with Gasteiger partial charge in [-0.25, -0.2) is 0 Å². The quantitative estimate of drug-likeness (QED) is 0.740. The third-order valence-corrected chi connectivity index (χ3v) is 3.61. The first-order valence-electron chi connectivity index (χ1n) is 6.26. The number of carbonyl (C=O) groups is 1. The van der Waals surface area contributed by atoms with Gasteiger partial charge in [-0.15, -0.1) is 0 Å². The molecule has 21 heavy (non-hydrogen) atoms. The Bertz CT molecular complexity index is 765. The second kappa shape index (κ2) is 6.88. The molecule has 108 valence electrons. The molecule has 0 aliphatic heterocycles. The van der Waals surface area contributed by atoms with Crippen LogP contribution < -0.4 is 10.2 Å². The van der Waals surface area contributed by atoms with Gasteiger partial charge < -0.3 is 15.4 Å². The molecule has 1 amide bonds. The molecule has 2 aromatic rings. The molecule has 0 radical (unpaired) electrons. The van der Waals surface area contributed by atoms with Crippen LogP contribution in [0, 0.1) is 18.8 Å². The highest BCUT2D eigenvalue weighted by Gasteiger charge is 2.11. The molecular weight excluding hydrogens is 288 g/mol. The molecule has 0 unspecified atom stereocenters. The van der Waals surface area contributed by atoms with E-state index in [9.17, 15) is 9.59 Å². The Balaban J connectivity index is 2.13. The number of rotatable bonds is 3. The van der Waals surface area contributed by atoms with E-state index < -0.39 is 0 Å². The molecule has 2 rings (SSSR count). The second-order valence-electron chi connectivity index (χ2n) is 4.29. The maximum Gasteiger partial charge on any atom is 0.304 e. The smallest absolute Gasteiger partial charge is 0.304 e. The van der Waals surface area contributed by atoms with Gasteiger partial charge in [-0.2, -0.15) is 0 Å². The standard InChI is InChI=1S/C15H14N2O3S/c1-10-11(5-3-7-18)4-2-6-13(10)14(19)16-8-12-9-21-15(20)17-12/h2,4,6,9,18H,7-8H2,1H3,(H,16,19)(H,17,20). The molecule has 3 N–H and O–H groups in total. The highest BCUT2D eigenvalue weighted by atomic mass is 32.1. The van der Waals surface area contributed by atoms with Crippen LogP contribution in [0.5, 0.6) is 0 Å². The lowest BCUT2D eigenvalue weighted by Gasteiger charge is -2.08. The highest BCUT2D eigenvalue weighted by molar-refractivity contribution is 7.07. The first kappa shape index (κ1) is 15.0. The first-order chi connectivity index (χ1) is 10.1. The fourth-order valence-corrected chi connectivity index (χ4v) is 2.40. The maximum absolute atomic E-state index is 12.2. The van der Waals surface area contributed by atoms with Crippen molar-refractivity contribution < 1.29 is 9.90 Å². The van der Waals surface area contributed by atoms with Crippen LogP contribution in [0.4, 0.5) is 0 Å². The van der Waals surface area contributed by atoms with E-state index in [4.69, 9.17) is 5.11 Å². The summed E-state index contributed by atoms with van der Waals surface area (Å²) in [6, 6.07) is 5.26. The van der Waals surface area contributed by atoms with Crippen molar-refractivity contribution in [3.8, 4) is 11.8 Å². The first-order valence-corrected chi connectivity index (χ1v) is 7.14. The SMILES string of the molecule is Cc1c(C#CCO)cccc1C(=O)NCc1csc(=O)[nH]1. The van der Waals surface area contributed by atoms with E-state index >= 15 is 0 Å². The van der Waals surface area contributed by atoms with Crippen LogP contribution >= 0.6 is 11.3 Å². The van der Waals surface area contributed by atoms with Crippen molar-refractivity contribution in [2.24, 2.45) is 0 Å². The lowest BCUT2D eigenvalue weighted by atomic mass is 10.0. The molecular formula is C15H14N2O3S. The van der Waals surface area contributed by atoms with E-state index in [1.807, 2.05) is 6.92 Å². The molecule has 0 bridgehead atoms. The number of aromatic nitrogens is 1. The highest BCUT2D eigenvalue weighted by Crippen LogP contribution is 2.13. The summed E-state index contributed by atoms with van der Waals surface area (Å²) in [6.07, 6.45) is 0. The Morgan fingerprint density at radius 1 is 1.48 bits per heavy atom. The van der Waals surface area contributed by atoms with Crippen molar-refractivity contribution in [2.75, 3.05) is 6.61 Å². The summed E-state index contributed by atoms with van der Waals surface area (Å²) < 4.78 is 0. The number of carbonyl (C=O) groups excluding carboxylic acids is 1. The number of aliphatic hydroxyl groups is 1. The number of aliphatic hydroxyl groups excluding tert-OH is 1. The van der Waals surface area contributed by atoms with Crippen LogP contribution in [0.1, 0.15) is 27.2 Å².